The van der Waals surface area contributed by atoms with E-state index < -0.39 is 17.5 Å². The maximum Gasteiger partial charge on any atom is 0.330 e. The summed E-state index contributed by atoms with van der Waals surface area (Å²) >= 11 is 0. The van der Waals surface area contributed by atoms with Crippen molar-refractivity contribution in [2.24, 2.45) is 0 Å². The molecule has 0 amide bonds. The number of ether oxygens (including phenoxy) is 2. The predicted octanol–water partition coefficient (Wildman–Crippen LogP) is 2.37. The van der Waals surface area contributed by atoms with Gasteiger partial charge in [0.2, 0.25) is 0 Å². The van der Waals surface area contributed by atoms with Crippen LogP contribution in [0.1, 0.15) is 29.0 Å². The van der Waals surface area contributed by atoms with Crippen molar-refractivity contribution in [2.75, 3.05) is 6.61 Å². The lowest BCUT2D eigenvalue weighted by Gasteiger charge is -2.16. The lowest BCUT2D eigenvalue weighted by atomic mass is 10.0. The molecule has 6 heteroatoms. The van der Waals surface area contributed by atoms with E-state index in [9.17, 15) is 9.59 Å². The largest absolute Gasteiger partial charge is 0.374 e. The van der Waals surface area contributed by atoms with Gasteiger partial charge in [-0.1, -0.05) is 54.6 Å². The van der Waals surface area contributed by atoms with Crippen molar-refractivity contribution in [3.8, 4) is 0 Å². The highest BCUT2D eigenvalue weighted by Gasteiger charge is 2.33. The lowest BCUT2D eigenvalue weighted by Crippen LogP contribution is -2.32. The Morgan fingerprint density at radius 1 is 0.962 bits per heavy atom. The average molecular weight is 350 g/mol. The summed E-state index contributed by atoms with van der Waals surface area (Å²) in [4.78, 5) is 25.7. The SMILES string of the molecule is O=c1ccn([C@H]2O[C@@H](COCc3ccccc3)c3ccccc32)c(=O)[nH]1. The van der Waals surface area contributed by atoms with Gasteiger partial charge in [-0.3, -0.25) is 14.3 Å². The van der Waals surface area contributed by atoms with E-state index >= 15 is 0 Å². The topological polar surface area (TPSA) is 73.3 Å². The van der Waals surface area contributed by atoms with E-state index in [2.05, 4.69) is 4.98 Å². The van der Waals surface area contributed by atoms with Crippen molar-refractivity contribution in [3.63, 3.8) is 0 Å². The summed E-state index contributed by atoms with van der Waals surface area (Å²) in [5.41, 5.74) is 2.05. The van der Waals surface area contributed by atoms with Gasteiger partial charge in [0.15, 0.2) is 6.23 Å². The quantitative estimate of drug-likeness (QED) is 0.767. The number of fused-ring (bicyclic) bond motifs is 1. The minimum Gasteiger partial charge on any atom is -0.374 e. The summed E-state index contributed by atoms with van der Waals surface area (Å²) in [5, 5.41) is 0. The molecule has 2 heterocycles. The van der Waals surface area contributed by atoms with E-state index in [0.717, 1.165) is 16.7 Å². The highest BCUT2D eigenvalue weighted by Crippen LogP contribution is 2.39. The van der Waals surface area contributed by atoms with Gasteiger partial charge in [0.1, 0.15) is 6.10 Å². The summed E-state index contributed by atoms with van der Waals surface area (Å²) in [6.45, 7) is 0.868. The van der Waals surface area contributed by atoms with Gasteiger partial charge >= 0.3 is 5.69 Å². The molecule has 4 rings (SSSR count). The number of H-pyrrole nitrogens is 1. The monoisotopic (exact) mass is 350 g/mol. The maximum atomic E-state index is 12.1. The molecule has 2 aromatic carbocycles. The first-order valence-corrected chi connectivity index (χ1v) is 8.40. The molecule has 0 spiro atoms. The Morgan fingerprint density at radius 2 is 1.69 bits per heavy atom. The molecule has 132 valence electrons. The number of nitrogens with zero attached hydrogens (tertiary/aromatic N) is 1. The van der Waals surface area contributed by atoms with Gasteiger partial charge in [0, 0.05) is 17.8 Å². The van der Waals surface area contributed by atoms with Crippen LogP contribution in [-0.4, -0.2) is 16.2 Å². The Hall–Kier alpha value is -2.96. The zero-order valence-corrected chi connectivity index (χ0v) is 14.0. The van der Waals surface area contributed by atoms with Crippen molar-refractivity contribution in [2.45, 2.75) is 18.9 Å². The van der Waals surface area contributed by atoms with E-state index in [4.69, 9.17) is 9.47 Å². The number of benzene rings is 2. The molecule has 1 aliphatic rings. The highest BCUT2D eigenvalue weighted by molar-refractivity contribution is 5.34. The first kappa shape index (κ1) is 16.5. The van der Waals surface area contributed by atoms with Crippen LogP contribution in [0.2, 0.25) is 0 Å². The Kier molecular flexibility index (Phi) is 4.51. The van der Waals surface area contributed by atoms with Gasteiger partial charge < -0.3 is 9.47 Å². The van der Waals surface area contributed by atoms with Crippen LogP contribution in [-0.2, 0) is 16.1 Å². The minimum absolute atomic E-state index is 0.279. The van der Waals surface area contributed by atoms with E-state index in [1.165, 1.54) is 16.8 Å². The molecular weight excluding hydrogens is 332 g/mol. The molecule has 1 aliphatic heterocycles. The van der Waals surface area contributed by atoms with Crippen LogP contribution in [0, 0.1) is 0 Å². The van der Waals surface area contributed by atoms with Gasteiger partial charge in [-0.25, -0.2) is 4.79 Å². The van der Waals surface area contributed by atoms with Crippen LogP contribution < -0.4 is 11.2 Å². The second-order valence-corrected chi connectivity index (χ2v) is 6.12. The zero-order valence-electron chi connectivity index (χ0n) is 14.0. The van der Waals surface area contributed by atoms with Crippen LogP contribution in [0.3, 0.4) is 0 Å². The third kappa shape index (κ3) is 3.24. The van der Waals surface area contributed by atoms with Crippen LogP contribution in [0.5, 0.6) is 0 Å². The number of hydrogen-bond acceptors (Lipinski definition) is 4. The molecule has 1 aromatic heterocycles. The Morgan fingerprint density at radius 3 is 2.46 bits per heavy atom. The fourth-order valence-corrected chi connectivity index (χ4v) is 3.15. The smallest absolute Gasteiger partial charge is 0.330 e. The molecular formula is C20H18N2O4. The third-order valence-electron chi connectivity index (χ3n) is 4.39. The van der Waals surface area contributed by atoms with E-state index in [0.29, 0.717) is 13.2 Å². The van der Waals surface area contributed by atoms with Gasteiger partial charge in [-0.2, -0.15) is 0 Å². The summed E-state index contributed by atoms with van der Waals surface area (Å²) in [6.07, 6.45) is 0.593. The van der Waals surface area contributed by atoms with E-state index in [1.54, 1.807) is 0 Å². The normalized spacial score (nSPS) is 18.6. The number of nitrogens with one attached hydrogen (secondary N) is 1. The maximum absolute atomic E-state index is 12.1. The molecule has 0 radical (unpaired) electrons. The summed E-state index contributed by atoms with van der Waals surface area (Å²) < 4.78 is 13.3. The van der Waals surface area contributed by atoms with Crippen molar-refractivity contribution in [3.05, 3.63) is 104 Å². The van der Waals surface area contributed by atoms with Crippen molar-refractivity contribution in [1.82, 2.24) is 9.55 Å². The van der Waals surface area contributed by atoms with Crippen LogP contribution >= 0.6 is 0 Å². The number of hydrogen-bond donors (Lipinski definition) is 1. The first-order valence-electron chi connectivity index (χ1n) is 8.40. The second kappa shape index (κ2) is 7.11. The average Bonchev–Trinajstić information content (AvgIpc) is 3.01. The Bertz CT molecular complexity index is 1010. The number of rotatable bonds is 5. The Balaban J connectivity index is 1.54. The summed E-state index contributed by atoms with van der Waals surface area (Å²) in [7, 11) is 0. The van der Waals surface area contributed by atoms with Crippen LogP contribution in [0.4, 0.5) is 0 Å². The minimum atomic E-state index is -0.583. The van der Waals surface area contributed by atoms with Crippen molar-refractivity contribution in [1.29, 1.82) is 0 Å². The van der Waals surface area contributed by atoms with Gasteiger partial charge in [-0.15, -0.1) is 0 Å². The molecule has 3 aromatic rings. The van der Waals surface area contributed by atoms with Gasteiger partial charge in [0.05, 0.1) is 13.2 Å². The zero-order chi connectivity index (χ0) is 17.9. The predicted molar refractivity (Wildman–Crippen MR) is 95.8 cm³/mol. The van der Waals surface area contributed by atoms with Crippen LogP contribution in [0.15, 0.2) is 76.4 Å². The fourth-order valence-electron chi connectivity index (χ4n) is 3.15. The molecule has 0 fully saturated rings. The Labute approximate surface area is 149 Å². The fraction of sp³-hybridized carbons (Fsp3) is 0.200. The second-order valence-electron chi connectivity index (χ2n) is 6.12. The van der Waals surface area contributed by atoms with E-state index in [1.807, 2.05) is 54.6 Å². The number of aromatic nitrogens is 2. The molecule has 0 saturated carbocycles. The summed E-state index contributed by atoms with van der Waals surface area (Å²) in [6, 6.07) is 19.0. The molecule has 0 bridgehead atoms. The van der Waals surface area contributed by atoms with Gasteiger partial charge in [0.25, 0.3) is 5.56 Å². The molecule has 0 unspecified atom stereocenters. The first-order chi connectivity index (χ1) is 12.7. The molecule has 26 heavy (non-hydrogen) atoms. The molecule has 1 N–H and O–H groups in total. The molecule has 6 nitrogen and oxygen atoms in total. The summed E-state index contributed by atoms with van der Waals surface area (Å²) in [5.74, 6) is 0. The highest BCUT2D eigenvalue weighted by atomic mass is 16.5. The molecule has 0 aliphatic carbocycles. The van der Waals surface area contributed by atoms with Crippen LogP contribution in [0.25, 0.3) is 0 Å². The lowest BCUT2D eigenvalue weighted by molar-refractivity contribution is -0.0561. The third-order valence-corrected chi connectivity index (χ3v) is 4.39. The van der Waals surface area contributed by atoms with Crippen molar-refractivity contribution >= 4 is 0 Å². The van der Waals surface area contributed by atoms with Gasteiger partial charge in [-0.05, 0) is 11.1 Å². The van der Waals surface area contributed by atoms with Crippen molar-refractivity contribution < 1.29 is 9.47 Å². The molecule has 0 saturated heterocycles. The van der Waals surface area contributed by atoms with E-state index in [-0.39, 0.29) is 6.10 Å². The number of aromatic amines is 1. The molecule has 2 atom stereocenters. The standard InChI is InChI=1S/C20H18N2O4/c23-18-10-11-22(20(24)21-18)19-16-9-5-4-8-15(16)17(26-19)13-25-12-14-6-2-1-3-7-14/h1-11,17,19H,12-13H2,(H,21,23,24)/t17-,19-/m0/s1.